The van der Waals surface area contributed by atoms with Gasteiger partial charge in [-0.05, 0) is 25.5 Å². The van der Waals surface area contributed by atoms with E-state index in [-0.39, 0.29) is 5.70 Å². The lowest BCUT2D eigenvalue weighted by atomic mass is 10.0. The van der Waals surface area contributed by atoms with Crippen molar-refractivity contribution in [3.05, 3.63) is 82.2 Å². The first kappa shape index (κ1) is 15.8. The number of nitrogens with zero attached hydrogens (tertiary/aromatic N) is 2. The van der Waals surface area contributed by atoms with E-state index in [0.717, 1.165) is 21.4 Å². The summed E-state index contributed by atoms with van der Waals surface area (Å²) in [5, 5.41) is 22.4. The van der Waals surface area contributed by atoms with Crippen LogP contribution >= 0.6 is 0 Å². The predicted molar refractivity (Wildman–Crippen MR) is 93.1 cm³/mol. The number of benzene rings is 2. The molecule has 0 aliphatic carbocycles. The average Bonchev–Trinajstić information content (AvgIpc) is 2.62. The van der Waals surface area contributed by atoms with Gasteiger partial charge in [-0.15, -0.1) is 0 Å². The normalized spacial score (nSPS) is 17.5. The van der Waals surface area contributed by atoms with Crippen molar-refractivity contribution < 1.29 is 9.48 Å². The zero-order valence-corrected chi connectivity index (χ0v) is 13.7. The van der Waals surface area contributed by atoms with Crippen LogP contribution in [-0.4, -0.2) is 16.6 Å². The van der Waals surface area contributed by atoms with Gasteiger partial charge in [-0.3, -0.25) is 0 Å². The lowest BCUT2D eigenvalue weighted by Gasteiger charge is -2.26. The third-order valence-electron chi connectivity index (χ3n) is 4.06. The minimum atomic E-state index is -0.390. The predicted octanol–water partition coefficient (Wildman–Crippen LogP) is 4.00. The van der Waals surface area contributed by atoms with E-state index in [2.05, 4.69) is 0 Å². The summed E-state index contributed by atoms with van der Waals surface area (Å²) in [6.45, 7) is 3.95. The molecule has 0 aromatic heterocycles. The quantitative estimate of drug-likeness (QED) is 0.635. The van der Waals surface area contributed by atoms with Crippen molar-refractivity contribution in [2.45, 2.75) is 26.4 Å². The van der Waals surface area contributed by atoms with Crippen molar-refractivity contribution in [1.29, 1.82) is 5.26 Å². The Morgan fingerprint density at radius 3 is 2.33 bits per heavy atom. The Balaban J connectivity index is 2.19. The fourth-order valence-corrected chi connectivity index (χ4v) is 2.79. The second kappa shape index (κ2) is 6.59. The smallest absolute Gasteiger partial charge is 0.338 e. The number of allylic oxidation sites excluding steroid dienone is 1. The van der Waals surface area contributed by atoms with Crippen LogP contribution in [0, 0.1) is 23.5 Å². The number of hydrogen-bond acceptors (Lipinski definition) is 3. The summed E-state index contributed by atoms with van der Waals surface area (Å²) in [4.78, 5) is 0. The Hall–Kier alpha value is -3.06. The van der Waals surface area contributed by atoms with Crippen LogP contribution in [0.3, 0.4) is 0 Å². The van der Waals surface area contributed by atoms with Crippen molar-refractivity contribution in [3.8, 4) is 6.07 Å². The number of hydroxylamine groups is 1. The molecule has 1 atom stereocenters. The van der Waals surface area contributed by atoms with Crippen LogP contribution in [0.1, 0.15) is 30.0 Å². The first-order valence-electron chi connectivity index (χ1n) is 7.93. The molecule has 0 spiro atoms. The van der Waals surface area contributed by atoms with Gasteiger partial charge in [0.1, 0.15) is 0 Å². The molecule has 0 N–H and O–H groups in total. The van der Waals surface area contributed by atoms with E-state index in [1.54, 1.807) is 0 Å². The summed E-state index contributed by atoms with van der Waals surface area (Å²) in [5.41, 5.74) is 3.09. The molecule has 0 bridgehead atoms. The maximum atomic E-state index is 12.9. The average molecular weight is 318 g/mol. The molecule has 0 fully saturated rings. The first-order chi connectivity index (χ1) is 11.7. The minimum Gasteiger partial charge on any atom is -0.617 e. The van der Waals surface area contributed by atoms with Gasteiger partial charge in [0.2, 0.25) is 11.5 Å². The Labute approximate surface area is 141 Å². The molecule has 1 aliphatic rings. The van der Waals surface area contributed by atoms with E-state index in [4.69, 9.17) is 4.74 Å². The molecule has 0 saturated carbocycles. The van der Waals surface area contributed by atoms with Crippen LogP contribution in [0.4, 0.5) is 0 Å². The van der Waals surface area contributed by atoms with Gasteiger partial charge in [-0.1, -0.05) is 55.0 Å². The zero-order chi connectivity index (χ0) is 17.1. The zero-order valence-electron chi connectivity index (χ0n) is 13.7. The van der Waals surface area contributed by atoms with Gasteiger partial charge in [-0.2, -0.15) is 10.0 Å². The summed E-state index contributed by atoms with van der Waals surface area (Å²) >= 11 is 0. The van der Waals surface area contributed by atoms with E-state index < -0.39 is 6.10 Å². The largest absolute Gasteiger partial charge is 0.617 e. The summed E-state index contributed by atoms with van der Waals surface area (Å²) < 4.78 is 6.81. The topological polar surface area (TPSA) is 59.1 Å². The van der Waals surface area contributed by atoms with E-state index in [1.807, 2.05) is 74.5 Å². The number of aryl methyl sites for hydroxylation is 1. The van der Waals surface area contributed by atoms with Crippen LogP contribution < -0.4 is 0 Å². The highest BCUT2D eigenvalue weighted by atomic mass is 16.5. The van der Waals surface area contributed by atoms with Gasteiger partial charge >= 0.3 is 5.70 Å². The molecule has 2 aromatic carbocycles. The molecule has 24 heavy (non-hydrogen) atoms. The second-order valence-corrected chi connectivity index (χ2v) is 5.72. The molecule has 3 rings (SSSR count). The standard InChI is InChI=1S/C20H18N2O2/c1-3-18-19(15-7-5-4-6-8-15)22(23)17(13-21)20(24-18)16-11-9-14(2)10-12-16/h4-12,18H,3H2,1-2H3. The molecule has 120 valence electrons. The number of rotatable bonds is 3. The van der Waals surface area contributed by atoms with Crippen LogP contribution in [0.5, 0.6) is 0 Å². The highest BCUT2D eigenvalue weighted by molar-refractivity contribution is 6.02. The fraction of sp³-hybridized carbons (Fsp3) is 0.200. The van der Waals surface area contributed by atoms with Gasteiger partial charge in [0.25, 0.3) is 0 Å². The fourth-order valence-electron chi connectivity index (χ4n) is 2.79. The van der Waals surface area contributed by atoms with Crippen molar-refractivity contribution in [3.63, 3.8) is 0 Å². The molecule has 4 nitrogen and oxygen atoms in total. The van der Waals surface area contributed by atoms with Gasteiger partial charge in [0, 0.05) is 11.1 Å². The van der Waals surface area contributed by atoms with Gasteiger partial charge < -0.3 is 9.94 Å². The number of nitriles is 1. The first-order valence-corrected chi connectivity index (χ1v) is 7.93. The molecular formula is C20H18N2O2. The van der Waals surface area contributed by atoms with Crippen molar-refractivity contribution in [2.75, 3.05) is 0 Å². The molecule has 0 amide bonds. The lowest BCUT2D eigenvalue weighted by Crippen LogP contribution is -2.35. The van der Waals surface area contributed by atoms with Gasteiger partial charge in [0.15, 0.2) is 12.2 Å². The number of hydrogen-bond donors (Lipinski definition) is 0. The van der Waals surface area contributed by atoms with Crippen LogP contribution in [0.25, 0.3) is 5.76 Å². The summed E-state index contributed by atoms with van der Waals surface area (Å²) in [6, 6.07) is 19.0. The molecule has 1 unspecified atom stereocenters. The SMILES string of the molecule is CCC1OC(c2ccc(C)cc2)=C(C#N)[N+]([O-])=C1c1ccccc1. The maximum absolute atomic E-state index is 12.9. The number of ether oxygens (including phenoxy) is 1. The molecule has 2 aromatic rings. The van der Waals surface area contributed by atoms with Crippen molar-refractivity contribution in [2.24, 2.45) is 0 Å². The van der Waals surface area contributed by atoms with Crippen molar-refractivity contribution >= 4 is 11.5 Å². The summed E-state index contributed by atoms with van der Waals surface area (Å²) in [5.74, 6) is 0.346. The highest BCUT2D eigenvalue weighted by Crippen LogP contribution is 2.29. The van der Waals surface area contributed by atoms with Crippen molar-refractivity contribution in [1.82, 2.24) is 0 Å². The Morgan fingerprint density at radius 2 is 1.75 bits per heavy atom. The van der Waals surface area contributed by atoms with E-state index in [1.165, 1.54) is 0 Å². The Morgan fingerprint density at radius 1 is 1.08 bits per heavy atom. The van der Waals surface area contributed by atoms with Gasteiger partial charge in [0.05, 0.1) is 0 Å². The maximum Gasteiger partial charge on any atom is 0.338 e. The molecule has 4 heteroatoms. The van der Waals surface area contributed by atoms with E-state index >= 15 is 0 Å². The van der Waals surface area contributed by atoms with E-state index in [0.29, 0.717) is 17.9 Å². The third kappa shape index (κ3) is 2.77. The highest BCUT2D eigenvalue weighted by Gasteiger charge is 2.36. The lowest BCUT2D eigenvalue weighted by molar-refractivity contribution is -0.402. The molecule has 0 radical (unpaired) electrons. The van der Waals surface area contributed by atoms with Crippen LogP contribution in [0.2, 0.25) is 0 Å². The molecule has 1 aliphatic heterocycles. The Kier molecular flexibility index (Phi) is 4.35. The third-order valence-corrected chi connectivity index (χ3v) is 4.06. The molecule has 1 heterocycles. The van der Waals surface area contributed by atoms with Gasteiger partial charge in [-0.25, -0.2) is 0 Å². The monoisotopic (exact) mass is 318 g/mol. The molecular weight excluding hydrogens is 300 g/mol. The minimum absolute atomic E-state index is 0.0117. The van der Waals surface area contributed by atoms with Crippen LogP contribution in [0.15, 0.2) is 60.3 Å². The van der Waals surface area contributed by atoms with Crippen LogP contribution in [-0.2, 0) is 4.74 Å². The summed E-state index contributed by atoms with van der Waals surface area (Å²) in [7, 11) is 0. The second-order valence-electron chi connectivity index (χ2n) is 5.72. The molecule has 0 saturated heterocycles. The Bertz CT molecular complexity index is 843. The van der Waals surface area contributed by atoms with E-state index in [9.17, 15) is 10.5 Å². The summed E-state index contributed by atoms with van der Waals surface area (Å²) in [6.07, 6.45) is 0.245.